The molecule has 0 bridgehead atoms. The Bertz CT molecular complexity index is 4730. The number of para-hydroxylation sites is 4. The van der Waals surface area contributed by atoms with Crippen LogP contribution in [-0.4, -0.2) is 33.6 Å². The molecule has 0 atom stereocenters. The van der Waals surface area contributed by atoms with E-state index in [4.69, 9.17) is 19.9 Å². The van der Waals surface area contributed by atoms with Crippen LogP contribution in [0.25, 0.3) is 150 Å². The van der Waals surface area contributed by atoms with Crippen molar-refractivity contribution in [3.63, 3.8) is 0 Å². The predicted molar refractivity (Wildman–Crippen MR) is 338 cm³/mol. The van der Waals surface area contributed by atoms with E-state index in [9.17, 15) is 5.26 Å². The average Bonchev–Trinajstić information content (AvgIpc) is 4.39. The fraction of sp³-hybridized carbons (Fsp3) is 0. The maximum atomic E-state index is 11.3. The number of rotatable bonds is 9. The number of hydrogen-bond acceptors (Lipinski definition) is 5. The Kier molecular flexibility index (Phi) is 11.1. The second kappa shape index (κ2) is 19.4. The summed E-state index contributed by atoms with van der Waals surface area (Å²) in [6, 6.07) is 99.6. The van der Waals surface area contributed by atoms with Crippen LogP contribution in [0.3, 0.4) is 0 Å². The molecule has 386 valence electrons. The molecule has 0 radical (unpaired) electrons. The molecule has 0 aliphatic heterocycles. The number of hydrogen-bond donors (Lipinski definition) is 0. The van der Waals surface area contributed by atoms with E-state index in [1.807, 2.05) is 97.1 Å². The molecule has 83 heavy (non-hydrogen) atoms. The summed E-state index contributed by atoms with van der Waals surface area (Å²) >= 11 is 0. The summed E-state index contributed by atoms with van der Waals surface area (Å²) < 4.78 is 7.12. The fourth-order valence-corrected chi connectivity index (χ4v) is 12.4. The van der Waals surface area contributed by atoms with Crippen molar-refractivity contribution in [3.8, 4) is 90.9 Å². The molecule has 5 heterocycles. The van der Waals surface area contributed by atoms with Crippen LogP contribution in [0.5, 0.6) is 0 Å². The summed E-state index contributed by atoms with van der Waals surface area (Å²) in [5.74, 6) is 1.01. The molecule has 8 nitrogen and oxygen atoms in total. The van der Waals surface area contributed by atoms with E-state index in [2.05, 4.69) is 202 Å². The second-order valence-corrected chi connectivity index (χ2v) is 20.9. The zero-order valence-corrected chi connectivity index (χ0v) is 44.6. The van der Waals surface area contributed by atoms with Crippen LogP contribution in [0, 0.1) is 11.3 Å². The summed E-state index contributed by atoms with van der Waals surface area (Å²) in [5.41, 5.74) is 17.5. The van der Waals surface area contributed by atoms with Gasteiger partial charge in [0.2, 0.25) is 0 Å². The molecular weight excluding hydrogens is 1010 g/mol. The molecule has 0 unspecified atom stereocenters. The highest BCUT2D eigenvalue weighted by Gasteiger charge is 2.27. The highest BCUT2D eigenvalue weighted by Crippen LogP contribution is 2.45. The Morgan fingerprint density at radius 3 is 1.02 bits per heavy atom. The smallest absolute Gasteiger partial charge is 0.162 e. The Balaban J connectivity index is 1.06. The van der Waals surface area contributed by atoms with E-state index in [0.29, 0.717) is 34.0 Å². The van der Waals surface area contributed by atoms with Gasteiger partial charge in [0.25, 0.3) is 0 Å². The van der Waals surface area contributed by atoms with Crippen LogP contribution in [0.1, 0.15) is 5.56 Å². The lowest BCUT2D eigenvalue weighted by atomic mass is 9.97. The van der Waals surface area contributed by atoms with Gasteiger partial charge in [-0.3, -0.25) is 0 Å². The molecule has 0 N–H and O–H groups in total. The highest BCUT2D eigenvalue weighted by molar-refractivity contribution is 6.15. The van der Waals surface area contributed by atoms with Gasteiger partial charge in [-0.15, -0.1) is 0 Å². The third kappa shape index (κ3) is 7.90. The van der Waals surface area contributed by atoms with Gasteiger partial charge in [0.15, 0.2) is 11.6 Å². The van der Waals surface area contributed by atoms with Gasteiger partial charge in [0.05, 0.1) is 73.2 Å². The van der Waals surface area contributed by atoms with Crippen molar-refractivity contribution in [2.45, 2.75) is 0 Å². The maximum Gasteiger partial charge on any atom is 0.162 e. The van der Waals surface area contributed by atoms with E-state index in [1.54, 1.807) is 0 Å². The molecule has 8 heteroatoms. The van der Waals surface area contributed by atoms with E-state index < -0.39 is 0 Å². The largest absolute Gasteiger partial charge is 0.309 e. The number of nitriles is 1. The first kappa shape index (κ1) is 47.5. The molecule has 0 fully saturated rings. The lowest BCUT2D eigenvalue weighted by Gasteiger charge is -2.20. The summed E-state index contributed by atoms with van der Waals surface area (Å²) in [6.07, 6.45) is 0. The molecule has 0 aliphatic carbocycles. The molecule has 0 amide bonds. The molecule has 0 saturated heterocycles. The van der Waals surface area contributed by atoms with Crippen molar-refractivity contribution in [1.29, 1.82) is 5.26 Å². The molecule has 5 aromatic heterocycles. The molecule has 16 rings (SSSR count). The topological polar surface area (TPSA) is 90.1 Å². The van der Waals surface area contributed by atoms with E-state index in [1.165, 1.54) is 21.5 Å². The fourth-order valence-electron chi connectivity index (χ4n) is 12.4. The van der Waals surface area contributed by atoms with Crippen molar-refractivity contribution in [1.82, 2.24) is 33.6 Å². The van der Waals surface area contributed by atoms with Gasteiger partial charge in [-0.05, 0) is 84.9 Å². The van der Waals surface area contributed by atoms with Crippen molar-refractivity contribution in [2.24, 2.45) is 0 Å². The van der Waals surface area contributed by atoms with E-state index >= 15 is 0 Å². The van der Waals surface area contributed by atoms with Crippen molar-refractivity contribution >= 4 is 65.4 Å². The van der Waals surface area contributed by atoms with Crippen LogP contribution in [0.4, 0.5) is 0 Å². The van der Waals surface area contributed by atoms with Crippen LogP contribution >= 0.6 is 0 Å². The quantitative estimate of drug-likeness (QED) is 0.144. The minimum absolute atomic E-state index is 0.429. The number of nitrogens with zero attached hydrogens (tertiary/aromatic N) is 8. The van der Waals surface area contributed by atoms with E-state index in [0.717, 1.165) is 100 Å². The molecule has 11 aromatic carbocycles. The predicted octanol–water partition coefficient (Wildman–Crippen LogP) is 18.4. The summed E-state index contributed by atoms with van der Waals surface area (Å²) in [7, 11) is 0. The third-order valence-electron chi connectivity index (χ3n) is 16.1. The van der Waals surface area contributed by atoms with Crippen molar-refractivity contribution in [2.75, 3.05) is 0 Å². The maximum absolute atomic E-state index is 11.3. The average molecular weight is 1060 g/mol. The SMILES string of the molecule is N#Cc1cc(-c2cc(-c3ccccc3)nc(-c3ccccc3)n2)c(-n2c3ccc(-n4c5ccccc5c5ccccc54)cc3c3cc(-n4c5ccccc5c5ccccc54)ccc32)c(-c2nc(-c3ccccc3)cc(-c3ccccc3)n2)c1. The zero-order valence-electron chi connectivity index (χ0n) is 44.6. The molecule has 0 aliphatic rings. The van der Waals surface area contributed by atoms with Crippen molar-refractivity contribution < 1.29 is 0 Å². The van der Waals surface area contributed by atoms with Gasteiger partial charge < -0.3 is 13.7 Å². The first-order valence-electron chi connectivity index (χ1n) is 27.8. The van der Waals surface area contributed by atoms with Gasteiger partial charge in [-0.25, -0.2) is 19.9 Å². The third-order valence-corrected chi connectivity index (χ3v) is 16.1. The Morgan fingerprint density at radius 2 is 0.602 bits per heavy atom. The summed E-state index contributed by atoms with van der Waals surface area (Å²) in [6.45, 7) is 0. The highest BCUT2D eigenvalue weighted by atomic mass is 15.0. The Labute approximate surface area is 477 Å². The first-order valence-corrected chi connectivity index (χ1v) is 27.8. The lowest BCUT2D eigenvalue weighted by Crippen LogP contribution is -2.06. The number of benzene rings is 11. The molecular formula is C75H46N8. The van der Waals surface area contributed by atoms with Gasteiger partial charge in [-0.1, -0.05) is 194 Å². The molecule has 0 spiro atoms. The van der Waals surface area contributed by atoms with Crippen LogP contribution in [0.15, 0.2) is 279 Å². The second-order valence-electron chi connectivity index (χ2n) is 20.9. The minimum atomic E-state index is 0.429. The van der Waals surface area contributed by atoms with E-state index in [-0.39, 0.29) is 0 Å². The summed E-state index contributed by atoms with van der Waals surface area (Å²) in [4.78, 5) is 21.8. The Morgan fingerprint density at radius 1 is 0.265 bits per heavy atom. The van der Waals surface area contributed by atoms with Crippen LogP contribution < -0.4 is 0 Å². The van der Waals surface area contributed by atoms with Crippen molar-refractivity contribution in [3.05, 3.63) is 285 Å². The molecule has 16 aromatic rings. The zero-order chi connectivity index (χ0) is 55.0. The number of fused-ring (bicyclic) bond motifs is 9. The monoisotopic (exact) mass is 1060 g/mol. The Hall–Kier alpha value is -11.5. The summed E-state index contributed by atoms with van der Waals surface area (Å²) in [5, 5.41) is 18.1. The lowest BCUT2D eigenvalue weighted by molar-refractivity contribution is 1.12. The normalized spacial score (nSPS) is 11.6. The number of aromatic nitrogens is 7. The van der Waals surface area contributed by atoms with Crippen LogP contribution in [0.2, 0.25) is 0 Å². The van der Waals surface area contributed by atoms with Crippen LogP contribution in [-0.2, 0) is 0 Å². The van der Waals surface area contributed by atoms with Gasteiger partial charge in [0.1, 0.15) is 0 Å². The van der Waals surface area contributed by atoms with Gasteiger partial charge in [-0.2, -0.15) is 5.26 Å². The standard InChI is InChI=1S/C75H46N8/c76-47-48-41-61(66-46-65(51-25-9-3-10-26-51)77-74(80-66)52-27-11-4-12-28-52)73(62(42-48)75-78-63(49-21-5-1-6-22-49)45-64(79-75)50-23-7-2-8-24-50)83-71-39-37-53(81-67-33-17-13-29-55(67)56-30-14-18-34-68(56)81)43-59(71)60-44-54(38-40-72(60)83)82-69-35-19-15-31-57(69)58-32-16-20-36-70(58)82/h1-46H. The van der Waals surface area contributed by atoms with Gasteiger partial charge in [0, 0.05) is 77.1 Å². The van der Waals surface area contributed by atoms with Gasteiger partial charge >= 0.3 is 0 Å². The minimum Gasteiger partial charge on any atom is -0.309 e. The first-order chi connectivity index (χ1) is 41.1. The molecule has 0 saturated carbocycles.